The third-order valence-electron chi connectivity index (χ3n) is 4.40. The Morgan fingerprint density at radius 3 is 2.21 bits per heavy atom. The number of amides is 2. The van der Waals surface area contributed by atoms with Crippen LogP contribution in [0.5, 0.6) is 0 Å². The van der Waals surface area contributed by atoms with E-state index in [4.69, 9.17) is 4.42 Å². The van der Waals surface area contributed by atoms with Crippen LogP contribution in [0.1, 0.15) is 45.9 Å². The topological polar surface area (TPSA) is 53.8 Å². The van der Waals surface area contributed by atoms with E-state index >= 15 is 0 Å². The SMILES string of the molecule is CC(C)N(CC(=O)N(Cc1ccc(F)cc1)Cc1ccco1)C(=O)C(C)(C)C. The molecule has 2 rings (SSSR count). The van der Waals surface area contributed by atoms with Gasteiger partial charge in [-0.15, -0.1) is 0 Å². The number of hydrogen-bond acceptors (Lipinski definition) is 3. The van der Waals surface area contributed by atoms with Crippen molar-refractivity contribution in [2.24, 2.45) is 5.41 Å². The average molecular weight is 388 g/mol. The second-order valence-electron chi connectivity index (χ2n) is 8.23. The molecule has 0 bridgehead atoms. The molecule has 28 heavy (non-hydrogen) atoms. The van der Waals surface area contributed by atoms with Gasteiger partial charge in [-0.05, 0) is 43.7 Å². The van der Waals surface area contributed by atoms with Gasteiger partial charge in [0.2, 0.25) is 11.8 Å². The fourth-order valence-corrected chi connectivity index (χ4v) is 2.80. The molecule has 5 nitrogen and oxygen atoms in total. The van der Waals surface area contributed by atoms with E-state index in [1.807, 2.05) is 34.6 Å². The summed E-state index contributed by atoms with van der Waals surface area (Å²) >= 11 is 0. The number of benzene rings is 1. The Morgan fingerprint density at radius 1 is 1.07 bits per heavy atom. The van der Waals surface area contributed by atoms with E-state index in [9.17, 15) is 14.0 Å². The quantitative estimate of drug-likeness (QED) is 0.713. The van der Waals surface area contributed by atoms with Gasteiger partial charge >= 0.3 is 0 Å². The van der Waals surface area contributed by atoms with Crippen LogP contribution in [0, 0.1) is 11.2 Å². The molecule has 0 radical (unpaired) electrons. The number of carbonyl (C=O) groups is 2. The van der Waals surface area contributed by atoms with Crippen molar-refractivity contribution in [2.45, 2.75) is 53.8 Å². The highest BCUT2D eigenvalue weighted by Crippen LogP contribution is 2.20. The molecule has 0 atom stereocenters. The zero-order valence-corrected chi connectivity index (χ0v) is 17.2. The molecular weight excluding hydrogens is 359 g/mol. The second kappa shape index (κ2) is 9.04. The van der Waals surface area contributed by atoms with Crippen molar-refractivity contribution in [3.8, 4) is 0 Å². The maximum atomic E-state index is 13.2. The molecule has 0 saturated heterocycles. The number of rotatable bonds is 7. The highest BCUT2D eigenvalue weighted by atomic mass is 19.1. The average Bonchev–Trinajstić information content (AvgIpc) is 3.12. The molecule has 0 spiro atoms. The molecule has 0 N–H and O–H groups in total. The summed E-state index contributed by atoms with van der Waals surface area (Å²) in [5, 5.41) is 0. The number of nitrogens with zero attached hydrogens (tertiary/aromatic N) is 2. The molecule has 0 aliphatic rings. The van der Waals surface area contributed by atoms with Crippen molar-refractivity contribution in [2.75, 3.05) is 6.54 Å². The molecule has 0 fully saturated rings. The van der Waals surface area contributed by atoms with Gasteiger partial charge in [-0.2, -0.15) is 0 Å². The minimum Gasteiger partial charge on any atom is -0.467 e. The van der Waals surface area contributed by atoms with Crippen molar-refractivity contribution in [1.82, 2.24) is 9.80 Å². The Balaban J connectivity index is 2.21. The first-order valence-corrected chi connectivity index (χ1v) is 9.43. The van der Waals surface area contributed by atoms with Gasteiger partial charge in [0.05, 0.1) is 12.8 Å². The van der Waals surface area contributed by atoms with Gasteiger partial charge in [-0.25, -0.2) is 4.39 Å². The maximum absolute atomic E-state index is 13.2. The molecule has 1 aromatic carbocycles. The lowest BCUT2D eigenvalue weighted by molar-refractivity contribution is -0.147. The van der Waals surface area contributed by atoms with Gasteiger partial charge in [-0.3, -0.25) is 9.59 Å². The van der Waals surface area contributed by atoms with Crippen LogP contribution >= 0.6 is 0 Å². The molecular formula is C22H29FN2O3. The number of furan rings is 1. The largest absolute Gasteiger partial charge is 0.467 e. The monoisotopic (exact) mass is 388 g/mol. The van der Waals surface area contributed by atoms with E-state index in [-0.39, 0.29) is 36.8 Å². The number of hydrogen-bond donors (Lipinski definition) is 0. The molecule has 0 unspecified atom stereocenters. The van der Waals surface area contributed by atoms with E-state index in [0.29, 0.717) is 12.3 Å². The minimum atomic E-state index is -0.576. The molecule has 2 amide bonds. The highest BCUT2D eigenvalue weighted by molar-refractivity contribution is 5.87. The van der Waals surface area contributed by atoms with Crippen molar-refractivity contribution < 1.29 is 18.4 Å². The van der Waals surface area contributed by atoms with E-state index in [0.717, 1.165) is 5.56 Å². The third kappa shape index (κ3) is 5.94. The zero-order valence-electron chi connectivity index (χ0n) is 17.2. The summed E-state index contributed by atoms with van der Waals surface area (Å²) in [4.78, 5) is 29.1. The zero-order chi connectivity index (χ0) is 20.9. The van der Waals surface area contributed by atoms with Crippen LogP contribution in [0.4, 0.5) is 4.39 Å². The lowest BCUT2D eigenvalue weighted by Crippen LogP contribution is -2.49. The van der Waals surface area contributed by atoms with Gasteiger partial charge in [0, 0.05) is 18.0 Å². The summed E-state index contributed by atoms with van der Waals surface area (Å²) in [5.74, 6) is 0.0609. The van der Waals surface area contributed by atoms with Gasteiger partial charge in [0.15, 0.2) is 0 Å². The fourth-order valence-electron chi connectivity index (χ4n) is 2.80. The summed E-state index contributed by atoms with van der Waals surface area (Å²) in [6.45, 7) is 9.88. The van der Waals surface area contributed by atoms with Crippen LogP contribution in [0.2, 0.25) is 0 Å². The highest BCUT2D eigenvalue weighted by Gasteiger charge is 2.31. The Labute approximate surface area is 166 Å². The van der Waals surface area contributed by atoms with E-state index in [1.165, 1.54) is 12.1 Å². The van der Waals surface area contributed by atoms with Gasteiger partial charge in [0.25, 0.3) is 0 Å². The molecule has 0 saturated carbocycles. The standard InChI is InChI=1S/C22H29FN2O3/c1-16(2)25(21(27)22(3,4)5)15-20(26)24(14-19-7-6-12-28-19)13-17-8-10-18(23)11-9-17/h6-12,16H,13-15H2,1-5H3. The van der Waals surface area contributed by atoms with Crippen LogP contribution in [0.15, 0.2) is 47.1 Å². The van der Waals surface area contributed by atoms with E-state index in [1.54, 1.807) is 40.3 Å². The molecule has 152 valence electrons. The lowest BCUT2D eigenvalue weighted by atomic mass is 9.94. The molecule has 6 heteroatoms. The summed E-state index contributed by atoms with van der Waals surface area (Å²) in [7, 11) is 0. The fraction of sp³-hybridized carbons (Fsp3) is 0.455. The normalized spacial score (nSPS) is 11.5. The van der Waals surface area contributed by atoms with Crippen LogP contribution in [0.25, 0.3) is 0 Å². The summed E-state index contributed by atoms with van der Waals surface area (Å²) in [6, 6.07) is 9.50. The van der Waals surface area contributed by atoms with Crippen LogP contribution < -0.4 is 0 Å². The summed E-state index contributed by atoms with van der Waals surface area (Å²) in [5.41, 5.74) is 0.229. The molecule has 1 heterocycles. The van der Waals surface area contributed by atoms with E-state index < -0.39 is 5.41 Å². The Kier molecular flexibility index (Phi) is 7.00. The first kappa shape index (κ1) is 21.7. The smallest absolute Gasteiger partial charge is 0.242 e. The molecule has 0 aliphatic heterocycles. The second-order valence-corrected chi connectivity index (χ2v) is 8.23. The summed E-state index contributed by atoms with van der Waals surface area (Å²) < 4.78 is 18.6. The maximum Gasteiger partial charge on any atom is 0.242 e. The first-order valence-electron chi connectivity index (χ1n) is 9.43. The van der Waals surface area contributed by atoms with Gasteiger partial charge in [-0.1, -0.05) is 32.9 Å². The van der Waals surface area contributed by atoms with Gasteiger partial charge in [0.1, 0.15) is 18.1 Å². The van der Waals surface area contributed by atoms with Crippen molar-refractivity contribution >= 4 is 11.8 Å². The van der Waals surface area contributed by atoms with Crippen molar-refractivity contribution in [1.29, 1.82) is 0 Å². The molecule has 0 aliphatic carbocycles. The minimum absolute atomic E-state index is 0.0182. The van der Waals surface area contributed by atoms with Gasteiger partial charge < -0.3 is 14.2 Å². The number of carbonyl (C=O) groups excluding carboxylic acids is 2. The summed E-state index contributed by atoms with van der Waals surface area (Å²) in [6.07, 6.45) is 1.55. The third-order valence-corrected chi connectivity index (χ3v) is 4.40. The predicted molar refractivity (Wildman–Crippen MR) is 106 cm³/mol. The Bertz CT molecular complexity index is 777. The van der Waals surface area contributed by atoms with Crippen molar-refractivity contribution in [3.05, 3.63) is 59.8 Å². The lowest BCUT2D eigenvalue weighted by Gasteiger charge is -2.34. The predicted octanol–water partition coefficient (Wildman–Crippen LogP) is 4.23. The van der Waals surface area contributed by atoms with Crippen LogP contribution in [0.3, 0.4) is 0 Å². The Hall–Kier alpha value is -2.63. The molecule has 2 aromatic rings. The van der Waals surface area contributed by atoms with Crippen LogP contribution in [-0.2, 0) is 22.7 Å². The molecule has 1 aromatic heterocycles. The van der Waals surface area contributed by atoms with Crippen molar-refractivity contribution in [3.63, 3.8) is 0 Å². The van der Waals surface area contributed by atoms with Crippen LogP contribution in [-0.4, -0.2) is 34.2 Å². The van der Waals surface area contributed by atoms with E-state index in [2.05, 4.69) is 0 Å². The Morgan fingerprint density at radius 2 is 1.71 bits per heavy atom. The number of halogens is 1. The first-order chi connectivity index (χ1) is 13.1.